The predicted octanol–water partition coefficient (Wildman–Crippen LogP) is 2.16. The second-order valence-corrected chi connectivity index (χ2v) is 5.45. The van der Waals surface area contributed by atoms with Crippen LogP contribution in [0.25, 0.3) is 0 Å². The van der Waals surface area contributed by atoms with Crippen LogP contribution in [0.1, 0.15) is 18.4 Å². The van der Waals surface area contributed by atoms with Crippen molar-refractivity contribution in [1.29, 1.82) is 0 Å². The number of nitrogens with one attached hydrogen (secondary N) is 1. The lowest BCUT2D eigenvalue weighted by Crippen LogP contribution is -2.40. The molecule has 0 saturated heterocycles. The number of hydrogen-bond acceptors (Lipinski definition) is 3. The van der Waals surface area contributed by atoms with Gasteiger partial charge in [-0.25, -0.2) is 0 Å². The summed E-state index contributed by atoms with van der Waals surface area (Å²) in [4.78, 5) is 23.3. The minimum Gasteiger partial charge on any atom is -0.492 e. The van der Waals surface area contributed by atoms with Crippen LogP contribution in [-0.2, 0) is 9.59 Å². The topological polar surface area (TPSA) is 75.6 Å². The third-order valence-electron chi connectivity index (χ3n) is 3.78. The number of benzene rings is 1. The minimum atomic E-state index is -0.916. The number of carbonyl (C=O) groups is 2. The van der Waals surface area contributed by atoms with E-state index in [-0.39, 0.29) is 5.91 Å². The smallest absolute Gasteiger partial charge is 0.307 e. The molecule has 2 rings (SSSR count). The fourth-order valence-electron chi connectivity index (χ4n) is 2.49. The molecule has 0 heterocycles. The van der Waals surface area contributed by atoms with Crippen LogP contribution in [-0.4, -0.2) is 30.1 Å². The molecule has 5 heteroatoms. The van der Waals surface area contributed by atoms with Crippen LogP contribution in [0.4, 0.5) is 0 Å². The van der Waals surface area contributed by atoms with Crippen LogP contribution in [0.3, 0.4) is 0 Å². The molecule has 1 amide bonds. The summed E-state index contributed by atoms with van der Waals surface area (Å²) in [7, 11) is 0. The lowest BCUT2D eigenvalue weighted by molar-refractivity contribution is -0.147. The SMILES string of the molecule is Cc1ccc(OCCNC(=O)[C@@H]2CC=CC[C@H]2C(=O)O)cc1. The van der Waals surface area contributed by atoms with E-state index < -0.39 is 17.8 Å². The van der Waals surface area contributed by atoms with Gasteiger partial charge >= 0.3 is 5.97 Å². The standard InChI is InChI=1S/C17H21NO4/c1-12-6-8-13(9-7-12)22-11-10-18-16(19)14-4-2-3-5-15(14)17(20)21/h2-3,6-9,14-15H,4-5,10-11H2,1H3,(H,18,19)(H,20,21)/t14-,15-/m1/s1. The Morgan fingerprint density at radius 2 is 1.82 bits per heavy atom. The lowest BCUT2D eigenvalue weighted by atomic mass is 9.82. The van der Waals surface area contributed by atoms with Crippen molar-refractivity contribution < 1.29 is 19.4 Å². The van der Waals surface area contributed by atoms with Crippen molar-refractivity contribution >= 4 is 11.9 Å². The Hall–Kier alpha value is -2.30. The first kappa shape index (κ1) is 16.1. The van der Waals surface area contributed by atoms with Gasteiger partial charge in [-0.3, -0.25) is 9.59 Å². The number of amides is 1. The molecule has 1 aromatic carbocycles. The average molecular weight is 303 g/mol. The van der Waals surface area contributed by atoms with Crippen molar-refractivity contribution in [1.82, 2.24) is 5.32 Å². The zero-order chi connectivity index (χ0) is 15.9. The quantitative estimate of drug-likeness (QED) is 0.624. The maximum absolute atomic E-state index is 12.1. The molecule has 5 nitrogen and oxygen atoms in total. The first-order valence-corrected chi connectivity index (χ1v) is 7.43. The molecule has 0 bridgehead atoms. The highest BCUT2D eigenvalue weighted by atomic mass is 16.5. The molecule has 2 atom stereocenters. The molecule has 0 aromatic heterocycles. The number of carboxylic acid groups (broad SMARTS) is 1. The number of rotatable bonds is 6. The van der Waals surface area contributed by atoms with Crippen LogP contribution < -0.4 is 10.1 Å². The van der Waals surface area contributed by atoms with Crippen molar-refractivity contribution in [3.63, 3.8) is 0 Å². The van der Waals surface area contributed by atoms with Crippen LogP contribution >= 0.6 is 0 Å². The summed E-state index contributed by atoms with van der Waals surface area (Å²) in [5.74, 6) is -1.52. The second kappa shape index (κ2) is 7.64. The van der Waals surface area contributed by atoms with E-state index in [0.29, 0.717) is 26.0 Å². The summed E-state index contributed by atoms with van der Waals surface area (Å²) in [6.07, 6.45) is 4.57. The highest BCUT2D eigenvalue weighted by molar-refractivity contribution is 5.85. The predicted molar refractivity (Wildman–Crippen MR) is 82.7 cm³/mol. The Kier molecular flexibility index (Phi) is 5.58. The molecule has 118 valence electrons. The molecule has 0 unspecified atom stereocenters. The van der Waals surface area contributed by atoms with Gasteiger partial charge in [0.2, 0.25) is 5.91 Å². The molecular weight excluding hydrogens is 282 g/mol. The molecule has 1 aromatic rings. The van der Waals surface area contributed by atoms with Gasteiger partial charge < -0.3 is 15.2 Å². The molecule has 0 aliphatic heterocycles. The Labute approximate surface area is 130 Å². The highest BCUT2D eigenvalue weighted by Gasteiger charge is 2.33. The summed E-state index contributed by atoms with van der Waals surface area (Å²) < 4.78 is 5.53. The van der Waals surface area contributed by atoms with E-state index in [1.807, 2.05) is 43.3 Å². The fraction of sp³-hybridized carbons (Fsp3) is 0.412. The number of allylic oxidation sites excluding steroid dienone is 2. The van der Waals surface area contributed by atoms with E-state index in [1.54, 1.807) is 0 Å². The van der Waals surface area contributed by atoms with Crippen molar-refractivity contribution in [3.8, 4) is 5.75 Å². The molecular formula is C17H21NO4. The maximum Gasteiger partial charge on any atom is 0.307 e. The Balaban J connectivity index is 1.76. The first-order chi connectivity index (χ1) is 10.6. The van der Waals surface area contributed by atoms with E-state index >= 15 is 0 Å². The molecule has 0 saturated carbocycles. The van der Waals surface area contributed by atoms with Gasteiger partial charge in [0.05, 0.1) is 18.4 Å². The molecule has 2 N–H and O–H groups in total. The molecule has 1 aliphatic rings. The third kappa shape index (κ3) is 4.35. The zero-order valence-corrected chi connectivity index (χ0v) is 12.6. The Morgan fingerprint density at radius 1 is 1.18 bits per heavy atom. The van der Waals surface area contributed by atoms with Crippen LogP contribution in [0.2, 0.25) is 0 Å². The number of carbonyl (C=O) groups excluding carboxylic acids is 1. The van der Waals surface area contributed by atoms with Gasteiger partial charge in [0, 0.05) is 0 Å². The maximum atomic E-state index is 12.1. The summed E-state index contributed by atoms with van der Waals surface area (Å²) in [6.45, 7) is 2.72. The van der Waals surface area contributed by atoms with Gasteiger partial charge in [0.25, 0.3) is 0 Å². The average Bonchev–Trinajstić information content (AvgIpc) is 2.53. The van der Waals surface area contributed by atoms with E-state index in [9.17, 15) is 9.59 Å². The molecule has 0 radical (unpaired) electrons. The summed E-state index contributed by atoms with van der Waals surface area (Å²) in [5, 5.41) is 11.9. The summed E-state index contributed by atoms with van der Waals surface area (Å²) in [5.41, 5.74) is 1.16. The summed E-state index contributed by atoms with van der Waals surface area (Å²) in [6, 6.07) is 7.67. The van der Waals surface area contributed by atoms with Crippen LogP contribution in [0, 0.1) is 18.8 Å². The van der Waals surface area contributed by atoms with E-state index in [1.165, 1.54) is 0 Å². The lowest BCUT2D eigenvalue weighted by Gasteiger charge is -2.24. The van der Waals surface area contributed by atoms with Crippen LogP contribution in [0.5, 0.6) is 5.75 Å². The number of aryl methyl sites for hydroxylation is 1. The van der Waals surface area contributed by atoms with Gasteiger partial charge in [-0.1, -0.05) is 29.8 Å². The van der Waals surface area contributed by atoms with Gasteiger partial charge in [0.1, 0.15) is 12.4 Å². The van der Waals surface area contributed by atoms with Crippen molar-refractivity contribution in [2.45, 2.75) is 19.8 Å². The number of carboxylic acids is 1. The van der Waals surface area contributed by atoms with Gasteiger partial charge in [-0.15, -0.1) is 0 Å². The highest BCUT2D eigenvalue weighted by Crippen LogP contribution is 2.25. The zero-order valence-electron chi connectivity index (χ0n) is 12.6. The van der Waals surface area contributed by atoms with Crippen molar-refractivity contribution in [2.75, 3.05) is 13.2 Å². The van der Waals surface area contributed by atoms with Gasteiger partial charge in [0.15, 0.2) is 0 Å². The Bertz CT molecular complexity index is 550. The fourth-order valence-corrected chi connectivity index (χ4v) is 2.49. The van der Waals surface area contributed by atoms with E-state index in [2.05, 4.69) is 5.32 Å². The number of hydrogen-bond donors (Lipinski definition) is 2. The molecule has 0 fully saturated rings. The van der Waals surface area contributed by atoms with E-state index in [4.69, 9.17) is 9.84 Å². The number of aliphatic carboxylic acids is 1. The van der Waals surface area contributed by atoms with Gasteiger partial charge in [-0.2, -0.15) is 0 Å². The molecule has 0 spiro atoms. The van der Waals surface area contributed by atoms with Gasteiger partial charge in [-0.05, 0) is 31.9 Å². The second-order valence-electron chi connectivity index (χ2n) is 5.45. The van der Waals surface area contributed by atoms with Crippen molar-refractivity contribution in [2.24, 2.45) is 11.8 Å². The largest absolute Gasteiger partial charge is 0.492 e. The monoisotopic (exact) mass is 303 g/mol. The first-order valence-electron chi connectivity index (χ1n) is 7.43. The normalized spacial score (nSPS) is 20.4. The van der Waals surface area contributed by atoms with Crippen LogP contribution in [0.15, 0.2) is 36.4 Å². The van der Waals surface area contributed by atoms with E-state index in [0.717, 1.165) is 11.3 Å². The van der Waals surface area contributed by atoms with Crippen molar-refractivity contribution in [3.05, 3.63) is 42.0 Å². The third-order valence-corrected chi connectivity index (χ3v) is 3.78. The number of ether oxygens (including phenoxy) is 1. The molecule has 22 heavy (non-hydrogen) atoms. The Morgan fingerprint density at radius 3 is 2.45 bits per heavy atom. The summed E-state index contributed by atoms with van der Waals surface area (Å²) >= 11 is 0. The minimum absolute atomic E-state index is 0.218. The molecule has 1 aliphatic carbocycles.